The van der Waals surface area contributed by atoms with E-state index in [2.05, 4.69) is 10.6 Å². The lowest BCUT2D eigenvalue weighted by atomic mass is 10.2. The van der Waals surface area contributed by atoms with Crippen molar-refractivity contribution < 1.29 is 9.59 Å². The number of carbonyl (C=O) groups excluding carboxylic acids is 2. The van der Waals surface area contributed by atoms with E-state index < -0.39 is 11.9 Å². The molecule has 0 aromatic heterocycles. The number of urea groups is 1. The molecule has 4 nitrogen and oxygen atoms in total. The molecule has 1 fully saturated rings. The minimum Gasteiger partial charge on any atom is -0.335 e. The van der Waals surface area contributed by atoms with E-state index in [0.717, 1.165) is 12.8 Å². The fourth-order valence-electron chi connectivity index (χ4n) is 1.80. The lowest BCUT2D eigenvalue weighted by Gasteiger charge is -2.13. The van der Waals surface area contributed by atoms with Gasteiger partial charge in [-0.15, -0.1) is 0 Å². The molecule has 0 unspecified atom stereocenters. The van der Waals surface area contributed by atoms with Gasteiger partial charge in [-0.2, -0.15) is 0 Å². The number of nitrogens with one attached hydrogen (secondary N) is 2. The summed E-state index contributed by atoms with van der Waals surface area (Å²) in [6.07, 6.45) is 2.25. The van der Waals surface area contributed by atoms with Gasteiger partial charge >= 0.3 is 6.03 Å². The predicted octanol–water partition coefficient (Wildman–Crippen LogP) is 3.23. The first kappa shape index (κ1) is 14.2. The molecule has 1 aliphatic rings. The molecule has 0 saturated heterocycles. The van der Waals surface area contributed by atoms with E-state index in [-0.39, 0.29) is 16.6 Å². The zero-order chi connectivity index (χ0) is 14.0. The van der Waals surface area contributed by atoms with Crippen molar-refractivity contribution in [2.24, 2.45) is 5.92 Å². The van der Waals surface area contributed by atoms with Crippen LogP contribution in [0.1, 0.15) is 30.1 Å². The minimum absolute atomic E-state index is 0.0773. The van der Waals surface area contributed by atoms with Crippen molar-refractivity contribution in [1.29, 1.82) is 0 Å². The van der Waals surface area contributed by atoms with Crippen LogP contribution in [-0.2, 0) is 0 Å². The van der Waals surface area contributed by atoms with Crippen molar-refractivity contribution in [3.8, 4) is 0 Å². The first-order chi connectivity index (χ1) is 8.97. The van der Waals surface area contributed by atoms with Gasteiger partial charge in [0.1, 0.15) is 0 Å². The number of carbonyl (C=O) groups is 2. The Hall–Kier alpha value is -1.26. The third-order valence-corrected chi connectivity index (χ3v) is 3.64. The lowest BCUT2D eigenvalue weighted by Crippen LogP contribution is -2.44. The number of benzene rings is 1. The van der Waals surface area contributed by atoms with E-state index in [0.29, 0.717) is 10.9 Å². The molecule has 1 aromatic rings. The first-order valence-corrected chi connectivity index (χ1v) is 6.80. The van der Waals surface area contributed by atoms with Gasteiger partial charge in [-0.3, -0.25) is 10.1 Å². The maximum absolute atomic E-state index is 11.9. The van der Waals surface area contributed by atoms with Crippen molar-refractivity contribution in [3.05, 3.63) is 33.8 Å². The van der Waals surface area contributed by atoms with Crippen molar-refractivity contribution in [2.45, 2.75) is 25.8 Å². The molecule has 2 N–H and O–H groups in total. The maximum Gasteiger partial charge on any atom is 0.321 e. The third kappa shape index (κ3) is 3.85. The monoisotopic (exact) mass is 300 g/mol. The van der Waals surface area contributed by atoms with Crippen molar-refractivity contribution >= 4 is 35.1 Å². The highest BCUT2D eigenvalue weighted by Gasteiger charge is 2.29. The molecular weight excluding hydrogens is 287 g/mol. The van der Waals surface area contributed by atoms with Gasteiger partial charge in [-0.1, -0.05) is 23.2 Å². The summed E-state index contributed by atoms with van der Waals surface area (Å²) in [6, 6.07) is 4.07. The van der Waals surface area contributed by atoms with Crippen LogP contribution in [0, 0.1) is 5.92 Å². The molecular formula is C13H14Cl2N2O2. The zero-order valence-electron chi connectivity index (χ0n) is 10.4. The third-order valence-electron chi connectivity index (χ3n) is 3.09. The van der Waals surface area contributed by atoms with Crippen LogP contribution in [0.5, 0.6) is 0 Å². The van der Waals surface area contributed by atoms with Gasteiger partial charge in [-0.05, 0) is 43.9 Å². The molecule has 19 heavy (non-hydrogen) atoms. The highest BCUT2D eigenvalue weighted by molar-refractivity contribution is 6.37. The molecule has 6 heteroatoms. The Morgan fingerprint density at radius 3 is 2.58 bits per heavy atom. The molecule has 0 heterocycles. The average molecular weight is 301 g/mol. The second-order valence-corrected chi connectivity index (χ2v) is 5.52. The van der Waals surface area contributed by atoms with Gasteiger partial charge in [-0.25, -0.2) is 4.79 Å². The summed E-state index contributed by atoms with van der Waals surface area (Å²) in [5.41, 5.74) is 0.222. The number of halogens is 2. The molecule has 0 bridgehead atoms. The molecule has 102 valence electrons. The first-order valence-electron chi connectivity index (χ1n) is 6.04. The van der Waals surface area contributed by atoms with Crippen molar-refractivity contribution in [3.63, 3.8) is 0 Å². The Morgan fingerprint density at radius 2 is 2.00 bits per heavy atom. The Labute approximate surface area is 121 Å². The number of rotatable bonds is 3. The van der Waals surface area contributed by atoms with Gasteiger partial charge in [0, 0.05) is 11.1 Å². The molecule has 1 saturated carbocycles. The van der Waals surface area contributed by atoms with Crippen LogP contribution >= 0.6 is 23.2 Å². The SMILES string of the molecule is C[C@@H](NC(=O)NC(=O)c1ccc(Cl)cc1Cl)C1CC1. The summed E-state index contributed by atoms with van der Waals surface area (Å²) in [5, 5.41) is 5.64. The normalized spacial score (nSPS) is 15.7. The van der Waals surface area contributed by atoms with Crippen LogP contribution in [0.3, 0.4) is 0 Å². The quantitative estimate of drug-likeness (QED) is 0.900. The van der Waals surface area contributed by atoms with Gasteiger partial charge < -0.3 is 5.32 Å². The van der Waals surface area contributed by atoms with Crippen LogP contribution in [-0.4, -0.2) is 18.0 Å². The fraction of sp³-hybridized carbons (Fsp3) is 0.385. The van der Waals surface area contributed by atoms with Crippen LogP contribution in [0.4, 0.5) is 4.79 Å². The van der Waals surface area contributed by atoms with Crippen LogP contribution in [0.15, 0.2) is 18.2 Å². The molecule has 2 rings (SSSR count). The summed E-state index contributed by atoms with van der Waals surface area (Å²) >= 11 is 11.6. The molecule has 1 aliphatic carbocycles. The summed E-state index contributed by atoms with van der Waals surface area (Å²) in [5.74, 6) is -0.0119. The van der Waals surface area contributed by atoms with Crippen molar-refractivity contribution in [1.82, 2.24) is 10.6 Å². The van der Waals surface area contributed by atoms with Crippen LogP contribution in [0.25, 0.3) is 0 Å². The Kier molecular flexibility index (Phi) is 4.32. The van der Waals surface area contributed by atoms with E-state index in [1.165, 1.54) is 12.1 Å². The molecule has 1 atom stereocenters. The average Bonchev–Trinajstić information content (AvgIpc) is 3.11. The highest BCUT2D eigenvalue weighted by atomic mass is 35.5. The van der Waals surface area contributed by atoms with Gasteiger partial charge in [0.25, 0.3) is 5.91 Å². The smallest absolute Gasteiger partial charge is 0.321 e. The lowest BCUT2D eigenvalue weighted by molar-refractivity contribution is 0.0963. The Bertz CT molecular complexity index is 515. The van der Waals surface area contributed by atoms with E-state index in [9.17, 15) is 9.59 Å². The van der Waals surface area contributed by atoms with Gasteiger partial charge in [0.15, 0.2) is 0 Å². The van der Waals surface area contributed by atoms with Gasteiger partial charge in [0.2, 0.25) is 0 Å². The zero-order valence-corrected chi connectivity index (χ0v) is 11.9. The number of amides is 3. The summed E-state index contributed by atoms with van der Waals surface area (Å²) in [4.78, 5) is 23.5. The van der Waals surface area contributed by atoms with E-state index >= 15 is 0 Å². The maximum atomic E-state index is 11.9. The largest absolute Gasteiger partial charge is 0.335 e. The highest BCUT2D eigenvalue weighted by Crippen LogP contribution is 2.32. The molecule has 0 radical (unpaired) electrons. The summed E-state index contributed by atoms with van der Waals surface area (Å²) in [7, 11) is 0. The molecule has 1 aromatic carbocycles. The Morgan fingerprint density at radius 1 is 1.32 bits per heavy atom. The minimum atomic E-state index is -0.540. The molecule has 0 aliphatic heterocycles. The summed E-state index contributed by atoms with van der Waals surface area (Å²) < 4.78 is 0. The fourth-order valence-corrected chi connectivity index (χ4v) is 2.30. The van der Waals surface area contributed by atoms with Crippen LogP contribution in [0.2, 0.25) is 10.0 Å². The predicted molar refractivity (Wildman–Crippen MR) is 74.6 cm³/mol. The van der Waals surface area contributed by atoms with E-state index in [1.54, 1.807) is 6.07 Å². The van der Waals surface area contributed by atoms with E-state index in [1.807, 2.05) is 6.92 Å². The van der Waals surface area contributed by atoms with Gasteiger partial charge in [0.05, 0.1) is 10.6 Å². The van der Waals surface area contributed by atoms with Crippen LogP contribution < -0.4 is 10.6 Å². The second-order valence-electron chi connectivity index (χ2n) is 4.68. The topological polar surface area (TPSA) is 58.2 Å². The number of imide groups is 1. The standard InChI is InChI=1S/C13H14Cl2N2O2/c1-7(8-2-3-8)16-13(19)17-12(18)10-5-4-9(14)6-11(10)15/h4-8H,2-3H2,1H3,(H2,16,17,18,19)/t7-/m1/s1. The summed E-state index contributed by atoms with van der Waals surface area (Å²) in [6.45, 7) is 1.93. The molecule has 3 amide bonds. The van der Waals surface area contributed by atoms with E-state index in [4.69, 9.17) is 23.2 Å². The van der Waals surface area contributed by atoms with Crippen molar-refractivity contribution in [2.75, 3.05) is 0 Å². The number of hydrogen-bond donors (Lipinski definition) is 2. The number of hydrogen-bond acceptors (Lipinski definition) is 2. The second kappa shape index (κ2) is 5.80. The molecule has 0 spiro atoms. The Balaban J connectivity index is 1.94.